The van der Waals surface area contributed by atoms with E-state index in [2.05, 4.69) is 0 Å². The van der Waals surface area contributed by atoms with Gasteiger partial charge in [-0.25, -0.2) is 0 Å². The van der Waals surface area contributed by atoms with Gasteiger partial charge in [-0.05, 0) is 0 Å². The minimum atomic E-state index is 0.0557. The molecule has 0 saturated carbocycles. The van der Waals surface area contributed by atoms with Gasteiger partial charge in [0.05, 0.1) is 106 Å². The van der Waals surface area contributed by atoms with Crippen LogP contribution >= 0.6 is 0 Å². The monoisotopic (exact) mass is 430 g/mol. The Balaban J connectivity index is 0. The summed E-state index contributed by atoms with van der Waals surface area (Å²) in [6.07, 6.45) is 0. The van der Waals surface area contributed by atoms with Gasteiger partial charge in [-0.15, -0.1) is 0 Å². The van der Waals surface area contributed by atoms with E-state index in [0.717, 1.165) is 0 Å². The van der Waals surface area contributed by atoms with Gasteiger partial charge >= 0.3 is 0 Å². The van der Waals surface area contributed by atoms with Crippen molar-refractivity contribution in [1.82, 2.24) is 0 Å². The summed E-state index contributed by atoms with van der Waals surface area (Å²) in [6.45, 7) is 8.68. The maximum absolute atomic E-state index is 8.39. The molecule has 0 rings (SSSR count). The number of rotatable bonds is 23. The standard InChI is InChI=1S/C10H22O5.C9H20O5/c1-11-3-5-13-7-9-15-10-8-14-6-4-12-2;1-11-4-5-13-8-9-14-7-6-12-3-2-10/h3-10H2,1-2H3;10H,2-9H2,1H3. The average molecular weight is 431 g/mol. The third-order valence-electron chi connectivity index (χ3n) is 3.02. The van der Waals surface area contributed by atoms with Gasteiger partial charge in [-0.2, -0.15) is 0 Å². The van der Waals surface area contributed by atoms with Crippen LogP contribution in [0.5, 0.6) is 0 Å². The van der Waals surface area contributed by atoms with Gasteiger partial charge in [0.15, 0.2) is 0 Å². The molecule has 10 heteroatoms. The Kier molecular flexibility index (Phi) is 34.3. The Hall–Kier alpha value is -0.400. The summed E-state index contributed by atoms with van der Waals surface area (Å²) in [5.74, 6) is 0. The van der Waals surface area contributed by atoms with E-state index in [1.54, 1.807) is 21.3 Å². The van der Waals surface area contributed by atoms with E-state index in [9.17, 15) is 0 Å². The lowest BCUT2D eigenvalue weighted by Gasteiger charge is -2.06. The fourth-order valence-corrected chi connectivity index (χ4v) is 1.58. The zero-order valence-electron chi connectivity index (χ0n) is 18.4. The third kappa shape index (κ3) is 35.4. The first-order chi connectivity index (χ1) is 14.3. The van der Waals surface area contributed by atoms with E-state index in [4.69, 9.17) is 47.7 Å². The molecule has 0 spiro atoms. The lowest BCUT2D eigenvalue weighted by atomic mass is 10.7. The highest BCUT2D eigenvalue weighted by Gasteiger charge is 1.92. The van der Waals surface area contributed by atoms with E-state index < -0.39 is 0 Å². The zero-order chi connectivity index (χ0) is 21.7. The quantitative estimate of drug-likeness (QED) is 0.223. The molecule has 0 aromatic rings. The molecule has 0 amide bonds. The van der Waals surface area contributed by atoms with Crippen molar-refractivity contribution in [2.75, 3.05) is 127 Å². The maximum Gasteiger partial charge on any atom is 0.0701 e. The summed E-state index contributed by atoms with van der Waals surface area (Å²) in [6, 6.07) is 0. The topological polar surface area (TPSA) is 103 Å². The van der Waals surface area contributed by atoms with Crippen LogP contribution in [-0.2, 0) is 42.6 Å². The van der Waals surface area contributed by atoms with Crippen LogP contribution in [0.15, 0.2) is 0 Å². The molecule has 0 aliphatic rings. The second kappa shape index (κ2) is 32.3. The average Bonchev–Trinajstić information content (AvgIpc) is 2.74. The number of methoxy groups -OCH3 is 3. The number of ether oxygens (including phenoxy) is 9. The summed E-state index contributed by atoms with van der Waals surface area (Å²) in [7, 11) is 4.94. The number of hydrogen-bond acceptors (Lipinski definition) is 10. The molecular weight excluding hydrogens is 388 g/mol. The molecule has 29 heavy (non-hydrogen) atoms. The van der Waals surface area contributed by atoms with E-state index in [1.807, 2.05) is 0 Å². The molecular formula is C19H42O10. The molecule has 0 saturated heterocycles. The first-order valence-electron chi connectivity index (χ1n) is 9.87. The predicted octanol–water partition coefficient (Wildman–Crippen LogP) is 0.00390. The maximum atomic E-state index is 8.39. The smallest absolute Gasteiger partial charge is 0.0701 e. The van der Waals surface area contributed by atoms with Gasteiger partial charge in [-0.3, -0.25) is 0 Å². The molecule has 0 atom stereocenters. The molecule has 10 nitrogen and oxygen atoms in total. The number of aliphatic hydroxyl groups is 1. The lowest BCUT2D eigenvalue weighted by molar-refractivity contribution is -0.00380. The first kappa shape index (κ1) is 30.8. The van der Waals surface area contributed by atoms with Crippen molar-refractivity contribution in [1.29, 1.82) is 0 Å². The van der Waals surface area contributed by atoms with Crippen molar-refractivity contribution in [2.45, 2.75) is 0 Å². The minimum absolute atomic E-state index is 0.0557. The molecule has 1 N–H and O–H groups in total. The fraction of sp³-hybridized carbons (Fsp3) is 1.00. The van der Waals surface area contributed by atoms with Gasteiger partial charge in [0, 0.05) is 21.3 Å². The van der Waals surface area contributed by atoms with Crippen LogP contribution in [0.3, 0.4) is 0 Å². The highest BCUT2D eigenvalue weighted by atomic mass is 16.6. The van der Waals surface area contributed by atoms with Crippen LogP contribution in [0.4, 0.5) is 0 Å². The van der Waals surface area contributed by atoms with Crippen molar-refractivity contribution in [3.8, 4) is 0 Å². The first-order valence-corrected chi connectivity index (χ1v) is 9.87. The van der Waals surface area contributed by atoms with Gasteiger partial charge in [0.25, 0.3) is 0 Å². The molecule has 0 heterocycles. The Morgan fingerprint density at radius 2 is 0.552 bits per heavy atom. The summed E-state index contributed by atoms with van der Waals surface area (Å²) in [5, 5.41) is 8.39. The van der Waals surface area contributed by atoms with E-state index in [-0.39, 0.29) is 6.61 Å². The van der Waals surface area contributed by atoms with E-state index >= 15 is 0 Å². The van der Waals surface area contributed by atoms with Crippen LogP contribution in [-0.4, -0.2) is 132 Å². The summed E-state index contributed by atoms with van der Waals surface area (Å²) < 4.78 is 45.5. The molecule has 178 valence electrons. The molecule has 0 fully saturated rings. The highest BCUT2D eigenvalue weighted by molar-refractivity contribution is 4.35. The van der Waals surface area contributed by atoms with Crippen molar-refractivity contribution in [3.63, 3.8) is 0 Å². The summed E-state index contributed by atoms with van der Waals surface area (Å²) in [5.41, 5.74) is 0. The molecule has 0 aromatic heterocycles. The molecule has 0 aliphatic heterocycles. The lowest BCUT2D eigenvalue weighted by Crippen LogP contribution is -2.12. The molecule has 0 bridgehead atoms. The molecule has 0 aromatic carbocycles. The van der Waals surface area contributed by atoms with Crippen LogP contribution in [0.2, 0.25) is 0 Å². The Morgan fingerprint density at radius 3 is 0.759 bits per heavy atom. The van der Waals surface area contributed by atoms with Crippen LogP contribution in [0.1, 0.15) is 0 Å². The second-order valence-electron chi connectivity index (χ2n) is 5.38. The molecule has 0 radical (unpaired) electrons. The largest absolute Gasteiger partial charge is 0.394 e. The van der Waals surface area contributed by atoms with Crippen LogP contribution in [0.25, 0.3) is 0 Å². The van der Waals surface area contributed by atoms with Gasteiger partial charge in [0.1, 0.15) is 0 Å². The van der Waals surface area contributed by atoms with E-state index in [0.29, 0.717) is 99.1 Å². The minimum Gasteiger partial charge on any atom is -0.394 e. The van der Waals surface area contributed by atoms with Crippen molar-refractivity contribution in [2.24, 2.45) is 0 Å². The van der Waals surface area contributed by atoms with Crippen molar-refractivity contribution in [3.05, 3.63) is 0 Å². The highest BCUT2D eigenvalue weighted by Crippen LogP contribution is 1.82. The van der Waals surface area contributed by atoms with Crippen molar-refractivity contribution >= 4 is 0 Å². The Morgan fingerprint density at radius 1 is 0.345 bits per heavy atom. The SMILES string of the molecule is COCCOCCOCCOCCO.COCCOCCOCCOCCOC. The summed E-state index contributed by atoms with van der Waals surface area (Å²) >= 11 is 0. The number of aliphatic hydroxyl groups excluding tert-OH is 1. The Bertz CT molecular complexity index is 235. The Labute approximate surface area is 175 Å². The van der Waals surface area contributed by atoms with Gasteiger partial charge in [-0.1, -0.05) is 0 Å². The molecule has 0 unspecified atom stereocenters. The zero-order valence-corrected chi connectivity index (χ0v) is 18.4. The normalized spacial score (nSPS) is 10.8. The second-order valence-corrected chi connectivity index (χ2v) is 5.38. The van der Waals surface area contributed by atoms with Crippen LogP contribution in [0, 0.1) is 0 Å². The van der Waals surface area contributed by atoms with E-state index in [1.165, 1.54) is 0 Å². The van der Waals surface area contributed by atoms with Gasteiger partial charge in [0.2, 0.25) is 0 Å². The summed E-state index contributed by atoms with van der Waals surface area (Å²) in [4.78, 5) is 0. The van der Waals surface area contributed by atoms with Gasteiger partial charge < -0.3 is 47.7 Å². The third-order valence-corrected chi connectivity index (χ3v) is 3.02. The number of hydrogen-bond donors (Lipinski definition) is 1. The predicted molar refractivity (Wildman–Crippen MR) is 108 cm³/mol. The van der Waals surface area contributed by atoms with Crippen molar-refractivity contribution < 1.29 is 47.7 Å². The molecule has 0 aliphatic carbocycles. The van der Waals surface area contributed by atoms with Crippen LogP contribution < -0.4 is 0 Å². The fourth-order valence-electron chi connectivity index (χ4n) is 1.58.